The zero-order valence-electron chi connectivity index (χ0n) is 15.6. The van der Waals surface area contributed by atoms with Gasteiger partial charge in [-0.3, -0.25) is 4.72 Å². The minimum atomic E-state index is -3.50. The molecule has 0 atom stereocenters. The Balaban J connectivity index is 2.02. The summed E-state index contributed by atoms with van der Waals surface area (Å²) in [5, 5.41) is 4.11. The van der Waals surface area contributed by atoms with Crippen molar-refractivity contribution >= 4 is 38.2 Å². The lowest BCUT2D eigenvalue weighted by Gasteiger charge is -2.07. The van der Waals surface area contributed by atoms with E-state index in [2.05, 4.69) is 19.8 Å². The molecule has 0 saturated carbocycles. The van der Waals surface area contributed by atoms with Crippen LogP contribution in [0.25, 0.3) is 22.4 Å². The Bertz CT molecular complexity index is 1450. The van der Waals surface area contributed by atoms with Crippen molar-refractivity contribution in [1.82, 2.24) is 24.1 Å². The highest BCUT2D eigenvalue weighted by molar-refractivity contribution is 7.92. The molecule has 4 rings (SSSR count). The average Bonchev–Trinajstić information content (AvgIpc) is 3.16. The number of rotatable bonds is 4. The third-order valence-corrected chi connectivity index (χ3v) is 5.02. The number of aromatic amines is 1. The molecule has 0 unspecified atom stereocenters. The van der Waals surface area contributed by atoms with Crippen molar-refractivity contribution in [2.45, 2.75) is 6.92 Å². The molecule has 0 amide bonds. The van der Waals surface area contributed by atoms with Crippen LogP contribution in [-0.2, 0) is 14.8 Å². The second-order valence-electron chi connectivity index (χ2n) is 6.41. The Morgan fingerprint density at radius 1 is 1.31 bits per heavy atom. The van der Waals surface area contributed by atoms with Gasteiger partial charge in [0.15, 0.2) is 5.82 Å². The molecule has 0 radical (unpaired) electrons. The van der Waals surface area contributed by atoms with Crippen LogP contribution >= 0.6 is 0 Å². The summed E-state index contributed by atoms with van der Waals surface area (Å²) in [6.45, 7) is 1.70. The van der Waals surface area contributed by atoms with Crippen LogP contribution in [0.4, 0.5) is 5.69 Å². The third kappa shape index (κ3) is 3.12. The van der Waals surface area contributed by atoms with Gasteiger partial charge in [0.05, 0.1) is 35.6 Å². The Labute approximate surface area is 164 Å². The smallest absolute Gasteiger partial charge is 0.339 e. The first-order valence-corrected chi connectivity index (χ1v) is 10.2. The number of methoxy groups -OCH3 is 1. The van der Waals surface area contributed by atoms with Crippen molar-refractivity contribution < 1.29 is 17.9 Å². The lowest BCUT2D eigenvalue weighted by Crippen LogP contribution is -2.17. The van der Waals surface area contributed by atoms with Gasteiger partial charge in [0.2, 0.25) is 10.0 Å². The molecule has 12 heteroatoms. The molecule has 0 bridgehead atoms. The maximum atomic E-state index is 12.7. The lowest BCUT2D eigenvalue weighted by atomic mass is 10.2. The Hall–Kier alpha value is -3.67. The number of aryl methyl sites for hydroxylation is 1. The summed E-state index contributed by atoms with van der Waals surface area (Å²) in [4.78, 5) is 31.7. The summed E-state index contributed by atoms with van der Waals surface area (Å²) >= 11 is 0. The number of carbonyl (C=O) groups is 1. The molecule has 0 saturated heterocycles. The third-order valence-electron chi connectivity index (χ3n) is 4.41. The summed E-state index contributed by atoms with van der Waals surface area (Å²) in [6.07, 6.45) is 3.79. The number of H-pyrrole nitrogens is 1. The second kappa shape index (κ2) is 6.44. The quantitative estimate of drug-likeness (QED) is 0.469. The number of fused-ring (bicyclic) bond motifs is 2. The van der Waals surface area contributed by atoms with Crippen LogP contribution in [0, 0.1) is 6.92 Å². The van der Waals surface area contributed by atoms with Crippen LogP contribution in [-0.4, -0.2) is 51.9 Å². The largest absolute Gasteiger partial charge is 0.465 e. The molecule has 1 aromatic carbocycles. The lowest BCUT2D eigenvalue weighted by molar-refractivity contribution is 0.0600. The highest BCUT2D eigenvalue weighted by Gasteiger charge is 2.21. The topological polar surface area (TPSA) is 140 Å². The standard InChI is InChI=1S/C17H16N6O5S/c1-9-11(16(24)28-2)7-22-14(9)15(18-8-19-22)23-13-6-10(21-29(3,26)27)4-5-12(13)20-17(23)25/h4-8,21H,1-3H3,(H,20,25). The summed E-state index contributed by atoms with van der Waals surface area (Å²) < 4.78 is 33.0. The normalized spacial score (nSPS) is 11.8. The van der Waals surface area contributed by atoms with Gasteiger partial charge in [-0.1, -0.05) is 0 Å². The molecule has 0 aliphatic heterocycles. The first-order valence-electron chi connectivity index (χ1n) is 8.34. The molecule has 11 nitrogen and oxygen atoms in total. The van der Waals surface area contributed by atoms with Crippen molar-refractivity contribution in [3.05, 3.63) is 52.3 Å². The predicted molar refractivity (Wildman–Crippen MR) is 105 cm³/mol. The molecule has 3 aromatic heterocycles. The van der Waals surface area contributed by atoms with E-state index in [1.165, 1.54) is 40.8 Å². The number of nitrogens with one attached hydrogen (secondary N) is 2. The number of imidazole rings is 1. The summed E-state index contributed by atoms with van der Waals surface area (Å²) in [6, 6.07) is 4.65. The zero-order valence-corrected chi connectivity index (χ0v) is 16.4. The van der Waals surface area contributed by atoms with Gasteiger partial charge in [-0.05, 0) is 30.7 Å². The van der Waals surface area contributed by atoms with E-state index in [-0.39, 0.29) is 5.82 Å². The van der Waals surface area contributed by atoms with Crippen LogP contribution in [0.15, 0.2) is 35.5 Å². The van der Waals surface area contributed by atoms with E-state index in [1.54, 1.807) is 13.0 Å². The minimum absolute atomic E-state index is 0.236. The highest BCUT2D eigenvalue weighted by Crippen LogP contribution is 2.25. The van der Waals surface area contributed by atoms with E-state index >= 15 is 0 Å². The van der Waals surface area contributed by atoms with Gasteiger partial charge in [-0.2, -0.15) is 5.10 Å². The molecule has 150 valence electrons. The summed E-state index contributed by atoms with van der Waals surface area (Å²) in [5.74, 6) is -0.301. The maximum Gasteiger partial charge on any atom is 0.339 e. The number of nitrogens with zero attached hydrogens (tertiary/aromatic N) is 4. The SMILES string of the molecule is COC(=O)c1cn2ncnc(-n3c(=O)[nH]c4ccc(NS(C)(=O)=O)cc43)c2c1C. The van der Waals surface area contributed by atoms with Gasteiger partial charge < -0.3 is 9.72 Å². The van der Waals surface area contributed by atoms with Crippen molar-refractivity contribution in [2.75, 3.05) is 18.1 Å². The predicted octanol–water partition coefficient (Wildman–Crippen LogP) is 0.828. The second-order valence-corrected chi connectivity index (χ2v) is 8.16. The molecule has 3 heterocycles. The molecule has 0 aliphatic rings. The monoisotopic (exact) mass is 416 g/mol. The van der Waals surface area contributed by atoms with Gasteiger partial charge in [-0.25, -0.2) is 32.1 Å². The van der Waals surface area contributed by atoms with Crippen LogP contribution in [0.1, 0.15) is 15.9 Å². The molecule has 4 aromatic rings. The van der Waals surface area contributed by atoms with Gasteiger partial charge >= 0.3 is 11.7 Å². The fraction of sp³-hybridized carbons (Fsp3) is 0.176. The number of ether oxygens (including phenoxy) is 1. The van der Waals surface area contributed by atoms with Gasteiger partial charge in [-0.15, -0.1) is 0 Å². The molecular formula is C17H16N6O5S. The van der Waals surface area contributed by atoms with E-state index in [1.807, 2.05) is 0 Å². The van der Waals surface area contributed by atoms with E-state index in [0.717, 1.165) is 6.26 Å². The van der Waals surface area contributed by atoms with Crippen molar-refractivity contribution in [1.29, 1.82) is 0 Å². The molecule has 29 heavy (non-hydrogen) atoms. The number of anilines is 1. The molecular weight excluding hydrogens is 400 g/mol. The Kier molecular flexibility index (Phi) is 4.15. The number of carbonyl (C=O) groups excluding carboxylic acids is 1. The van der Waals surface area contributed by atoms with Crippen LogP contribution < -0.4 is 10.4 Å². The van der Waals surface area contributed by atoms with E-state index in [9.17, 15) is 18.0 Å². The van der Waals surface area contributed by atoms with Crippen LogP contribution in [0.5, 0.6) is 0 Å². The number of aromatic nitrogens is 5. The fourth-order valence-electron chi connectivity index (χ4n) is 3.21. The zero-order chi connectivity index (χ0) is 20.9. The van der Waals surface area contributed by atoms with Crippen LogP contribution in [0.3, 0.4) is 0 Å². The Morgan fingerprint density at radius 3 is 2.76 bits per heavy atom. The van der Waals surface area contributed by atoms with Crippen LogP contribution in [0.2, 0.25) is 0 Å². The van der Waals surface area contributed by atoms with E-state index in [0.29, 0.717) is 33.4 Å². The van der Waals surface area contributed by atoms with Crippen molar-refractivity contribution in [3.8, 4) is 5.82 Å². The van der Waals surface area contributed by atoms with E-state index in [4.69, 9.17) is 4.74 Å². The number of benzene rings is 1. The molecule has 0 spiro atoms. The highest BCUT2D eigenvalue weighted by atomic mass is 32.2. The van der Waals surface area contributed by atoms with Crippen molar-refractivity contribution in [3.63, 3.8) is 0 Å². The minimum Gasteiger partial charge on any atom is -0.465 e. The molecule has 0 fully saturated rings. The first kappa shape index (κ1) is 18.7. The first-order chi connectivity index (χ1) is 13.7. The summed E-state index contributed by atoms with van der Waals surface area (Å²) in [5.41, 5.74) is 1.99. The fourth-order valence-corrected chi connectivity index (χ4v) is 3.77. The number of esters is 1. The molecule has 2 N–H and O–H groups in total. The number of sulfonamides is 1. The number of hydrogen-bond acceptors (Lipinski definition) is 7. The average molecular weight is 416 g/mol. The van der Waals surface area contributed by atoms with Gasteiger partial charge in [0, 0.05) is 6.20 Å². The molecule has 0 aliphatic carbocycles. The number of hydrogen-bond donors (Lipinski definition) is 2. The maximum absolute atomic E-state index is 12.7. The van der Waals surface area contributed by atoms with Crippen molar-refractivity contribution in [2.24, 2.45) is 0 Å². The van der Waals surface area contributed by atoms with E-state index < -0.39 is 21.7 Å². The van der Waals surface area contributed by atoms with Gasteiger partial charge in [0.1, 0.15) is 11.8 Å². The Morgan fingerprint density at radius 2 is 2.07 bits per heavy atom. The summed E-state index contributed by atoms with van der Waals surface area (Å²) in [7, 11) is -2.22. The van der Waals surface area contributed by atoms with Gasteiger partial charge in [0.25, 0.3) is 0 Å².